The lowest BCUT2D eigenvalue weighted by molar-refractivity contribution is 0.0763. The van der Waals surface area contributed by atoms with Gasteiger partial charge >= 0.3 is 0 Å². The molecule has 3 aromatic carbocycles. The number of nitrogens with zero attached hydrogens (tertiary/aromatic N) is 2. The summed E-state index contributed by atoms with van der Waals surface area (Å²) in [6.07, 6.45) is 1.67. The molecule has 0 spiro atoms. The van der Waals surface area contributed by atoms with Gasteiger partial charge in [-0.25, -0.2) is 4.39 Å². The van der Waals surface area contributed by atoms with Gasteiger partial charge < -0.3 is 10.0 Å². The summed E-state index contributed by atoms with van der Waals surface area (Å²) < 4.78 is 15.4. The van der Waals surface area contributed by atoms with Crippen LogP contribution in [0.1, 0.15) is 46.6 Å². The van der Waals surface area contributed by atoms with Crippen LogP contribution in [0.2, 0.25) is 0 Å². The summed E-state index contributed by atoms with van der Waals surface area (Å²) in [4.78, 5) is 18.6. The molecule has 5 rings (SSSR count). The Morgan fingerprint density at radius 3 is 2.48 bits per heavy atom. The van der Waals surface area contributed by atoms with E-state index >= 15 is 4.39 Å². The van der Waals surface area contributed by atoms with Crippen LogP contribution in [0.25, 0.3) is 21.9 Å². The van der Waals surface area contributed by atoms with E-state index in [0.29, 0.717) is 17.7 Å². The summed E-state index contributed by atoms with van der Waals surface area (Å²) in [5, 5.41) is 12.5. The third kappa shape index (κ3) is 3.68. The molecule has 1 N–H and O–H groups in total. The molecule has 33 heavy (non-hydrogen) atoms. The molecule has 166 valence electrons. The maximum Gasteiger partial charge on any atom is 0.256 e. The first-order valence-electron chi connectivity index (χ1n) is 11.0. The minimum Gasteiger partial charge on any atom is -0.386 e. The number of aromatic nitrogens is 1. The second-order valence-corrected chi connectivity index (χ2v) is 9.18. The van der Waals surface area contributed by atoms with E-state index in [9.17, 15) is 9.90 Å². The minimum atomic E-state index is -0.988. The molecule has 0 bridgehead atoms. The van der Waals surface area contributed by atoms with Crippen molar-refractivity contribution in [1.29, 1.82) is 0 Å². The van der Waals surface area contributed by atoms with Gasteiger partial charge in [0.15, 0.2) is 0 Å². The van der Waals surface area contributed by atoms with Crippen molar-refractivity contribution in [2.45, 2.75) is 39.5 Å². The number of hydrogen-bond acceptors (Lipinski definition) is 3. The predicted molar refractivity (Wildman–Crippen MR) is 127 cm³/mol. The fraction of sp³-hybridized carbons (Fsp3) is 0.214. The van der Waals surface area contributed by atoms with Crippen molar-refractivity contribution in [3.63, 3.8) is 0 Å². The standard InChI is InChI=1S/C28H25FN2O2/c1-17-13-18(19-10-11-24(28(2,3)33)21-8-5-4-7-20(19)21)14-25(29)23(17)15-31-16-26-22(27(31)32)9-6-12-30-26/h4-14,33H,15-16H2,1-3H3. The average molecular weight is 441 g/mol. The fourth-order valence-corrected chi connectivity index (χ4v) is 4.71. The van der Waals surface area contributed by atoms with Crippen molar-refractivity contribution in [3.05, 3.63) is 101 Å². The van der Waals surface area contributed by atoms with Crippen LogP contribution in [0.15, 0.2) is 66.9 Å². The Morgan fingerprint density at radius 2 is 1.79 bits per heavy atom. The van der Waals surface area contributed by atoms with E-state index in [1.807, 2.05) is 49.4 Å². The summed E-state index contributed by atoms with van der Waals surface area (Å²) in [6, 6.07) is 18.7. The second kappa shape index (κ2) is 7.78. The second-order valence-electron chi connectivity index (χ2n) is 9.18. The van der Waals surface area contributed by atoms with Crippen LogP contribution >= 0.6 is 0 Å². The Balaban J connectivity index is 1.53. The number of aliphatic hydroxyl groups is 1. The van der Waals surface area contributed by atoms with E-state index in [1.54, 1.807) is 43.1 Å². The molecule has 1 amide bonds. The zero-order valence-electron chi connectivity index (χ0n) is 18.9. The Kier molecular flexibility index (Phi) is 5.02. The lowest BCUT2D eigenvalue weighted by Gasteiger charge is -2.22. The highest BCUT2D eigenvalue weighted by molar-refractivity contribution is 5.99. The van der Waals surface area contributed by atoms with Gasteiger partial charge in [-0.05, 0) is 72.0 Å². The van der Waals surface area contributed by atoms with E-state index in [2.05, 4.69) is 4.98 Å². The monoisotopic (exact) mass is 440 g/mol. The van der Waals surface area contributed by atoms with Crippen molar-refractivity contribution in [2.75, 3.05) is 0 Å². The van der Waals surface area contributed by atoms with E-state index in [0.717, 1.165) is 38.7 Å². The molecule has 0 radical (unpaired) electrons. The highest BCUT2D eigenvalue weighted by Gasteiger charge is 2.29. The number of benzene rings is 3. The number of aryl methyl sites for hydroxylation is 1. The maximum absolute atomic E-state index is 15.4. The molecule has 0 fully saturated rings. The SMILES string of the molecule is Cc1cc(-c2ccc(C(C)(C)O)c3ccccc23)cc(F)c1CN1Cc2ncccc2C1=O. The van der Waals surface area contributed by atoms with Crippen molar-refractivity contribution in [2.24, 2.45) is 0 Å². The quantitative estimate of drug-likeness (QED) is 0.441. The fourth-order valence-electron chi connectivity index (χ4n) is 4.71. The number of carbonyl (C=O) groups excluding carboxylic acids is 1. The molecule has 4 aromatic rings. The number of pyridine rings is 1. The van der Waals surface area contributed by atoms with E-state index < -0.39 is 5.60 Å². The largest absolute Gasteiger partial charge is 0.386 e. The summed E-state index contributed by atoms with van der Waals surface area (Å²) in [5.74, 6) is -0.452. The number of carbonyl (C=O) groups is 1. The molecule has 0 saturated heterocycles. The molecule has 0 saturated carbocycles. The summed E-state index contributed by atoms with van der Waals surface area (Å²) >= 11 is 0. The van der Waals surface area contributed by atoms with Gasteiger partial charge in [0.2, 0.25) is 0 Å². The molecule has 5 heteroatoms. The predicted octanol–water partition coefficient (Wildman–Crippen LogP) is 5.73. The first-order valence-corrected chi connectivity index (χ1v) is 11.0. The van der Waals surface area contributed by atoms with Crippen LogP contribution < -0.4 is 0 Å². The van der Waals surface area contributed by atoms with Crippen molar-refractivity contribution in [3.8, 4) is 11.1 Å². The van der Waals surface area contributed by atoms with E-state index in [1.165, 1.54) is 0 Å². The normalized spacial score (nSPS) is 13.6. The number of amides is 1. The zero-order valence-corrected chi connectivity index (χ0v) is 18.9. The molecule has 1 aromatic heterocycles. The topological polar surface area (TPSA) is 53.4 Å². The number of halogens is 1. The minimum absolute atomic E-state index is 0.117. The third-order valence-corrected chi connectivity index (χ3v) is 6.41. The highest BCUT2D eigenvalue weighted by atomic mass is 19.1. The average Bonchev–Trinajstić information content (AvgIpc) is 3.10. The van der Waals surface area contributed by atoms with Gasteiger partial charge in [0.25, 0.3) is 5.91 Å². The smallest absolute Gasteiger partial charge is 0.256 e. The number of rotatable bonds is 4. The zero-order chi connectivity index (χ0) is 23.3. The first kappa shape index (κ1) is 21.3. The Bertz CT molecular complexity index is 1380. The number of fused-ring (bicyclic) bond motifs is 2. The molecule has 2 heterocycles. The van der Waals surface area contributed by atoms with Crippen molar-refractivity contribution < 1.29 is 14.3 Å². The maximum atomic E-state index is 15.4. The van der Waals surface area contributed by atoms with Gasteiger partial charge in [-0.1, -0.05) is 42.5 Å². The van der Waals surface area contributed by atoms with Crippen LogP contribution in [0.4, 0.5) is 4.39 Å². The van der Waals surface area contributed by atoms with Gasteiger partial charge in [-0.15, -0.1) is 0 Å². The third-order valence-electron chi connectivity index (χ3n) is 6.41. The molecular weight excluding hydrogens is 415 g/mol. The Labute approximate surface area is 192 Å². The summed E-state index contributed by atoms with van der Waals surface area (Å²) in [6.45, 7) is 5.99. The van der Waals surface area contributed by atoms with Crippen LogP contribution in [0, 0.1) is 12.7 Å². The Morgan fingerprint density at radius 1 is 1.03 bits per heavy atom. The Hall–Kier alpha value is -3.57. The van der Waals surface area contributed by atoms with Gasteiger partial charge in [0.05, 0.1) is 23.4 Å². The molecule has 4 nitrogen and oxygen atoms in total. The van der Waals surface area contributed by atoms with Crippen LogP contribution in [0.5, 0.6) is 0 Å². The number of hydrogen-bond donors (Lipinski definition) is 1. The van der Waals surface area contributed by atoms with Crippen LogP contribution in [-0.4, -0.2) is 20.9 Å². The lowest BCUT2D eigenvalue weighted by Crippen LogP contribution is -2.24. The van der Waals surface area contributed by atoms with Gasteiger partial charge in [0.1, 0.15) is 5.82 Å². The van der Waals surface area contributed by atoms with E-state index in [-0.39, 0.29) is 18.3 Å². The molecule has 1 aliphatic rings. The highest BCUT2D eigenvalue weighted by Crippen LogP contribution is 2.36. The van der Waals surface area contributed by atoms with Crippen LogP contribution in [0.3, 0.4) is 0 Å². The summed E-state index contributed by atoms with van der Waals surface area (Å²) in [7, 11) is 0. The van der Waals surface area contributed by atoms with Crippen LogP contribution in [-0.2, 0) is 18.7 Å². The molecule has 0 atom stereocenters. The van der Waals surface area contributed by atoms with Gasteiger partial charge in [-0.2, -0.15) is 0 Å². The van der Waals surface area contributed by atoms with Gasteiger partial charge in [-0.3, -0.25) is 9.78 Å². The summed E-state index contributed by atoms with van der Waals surface area (Å²) in [5.41, 5.74) is 4.14. The first-order chi connectivity index (χ1) is 15.7. The van der Waals surface area contributed by atoms with E-state index in [4.69, 9.17) is 0 Å². The van der Waals surface area contributed by atoms with Gasteiger partial charge in [0, 0.05) is 18.3 Å². The molecule has 0 aliphatic carbocycles. The molecule has 0 unspecified atom stereocenters. The lowest BCUT2D eigenvalue weighted by atomic mass is 9.88. The van der Waals surface area contributed by atoms with Crippen molar-refractivity contribution >= 4 is 16.7 Å². The molecule has 1 aliphatic heterocycles. The molecular formula is C28H25FN2O2. The van der Waals surface area contributed by atoms with Crippen molar-refractivity contribution in [1.82, 2.24) is 9.88 Å².